The zero-order chi connectivity index (χ0) is 13.8. The van der Waals surface area contributed by atoms with Crippen LogP contribution in [0.4, 0.5) is 4.39 Å². The molecule has 0 aromatic carbocycles. The number of carbonyl (C=O) groups is 1. The molecule has 2 heterocycles. The van der Waals surface area contributed by atoms with E-state index in [1.54, 1.807) is 11.0 Å². The number of nitriles is 1. The van der Waals surface area contributed by atoms with Gasteiger partial charge in [-0.25, -0.2) is 4.98 Å². The molecule has 1 aromatic heterocycles. The monoisotopic (exact) mass is 262 g/mol. The first-order valence-electron chi connectivity index (χ1n) is 6.17. The second-order valence-corrected chi connectivity index (χ2v) is 4.48. The van der Waals surface area contributed by atoms with Crippen LogP contribution < -0.4 is 0 Å². The minimum Gasteiger partial charge on any atom is -0.336 e. The van der Waals surface area contributed by atoms with Crippen molar-refractivity contribution >= 4 is 5.91 Å². The summed E-state index contributed by atoms with van der Waals surface area (Å²) in [5.41, 5.74) is 0.00396. The Morgan fingerprint density at radius 1 is 1.47 bits per heavy atom. The number of halogens is 1. The zero-order valence-electron chi connectivity index (χ0n) is 10.7. The molecule has 0 aliphatic carbocycles. The van der Waals surface area contributed by atoms with E-state index in [-0.39, 0.29) is 17.5 Å². The first-order valence-corrected chi connectivity index (χ1v) is 6.17. The van der Waals surface area contributed by atoms with Crippen molar-refractivity contribution in [1.82, 2.24) is 14.8 Å². The van der Waals surface area contributed by atoms with Crippen molar-refractivity contribution in [1.29, 1.82) is 5.26 Å². The van der Waals surface area contributed by atoms with Crippen molar-refractivity contribution in [3.63, 3.8) is 0 Å². The first kappa shape index (κ1) is 13.4. The Balaban J connectivity index is 2.01. The molecular weight excluding hydrogens is 247 g/mol. The van der Waals surface area contributed by atoms with Crippen LogP contribution in [0.3, 0.4) is 0 Å². The summed E-state index contributed by atoms with van der Waals surface area (Å²) in [6.45, 7) is 4.08. The number of nitrogens with zero attached hydrogens (tertiary/aromatic N) is 4. The lowest BCUT2D eigenvalue weighted by molar-refractivity contribution is 0.0610. The summed E-state index contributed by atoms with van der Waals surface area (Å²) in [6.07, 6.45) is 1.32. The Morgan fingerprint density at radius 3 is 2.74 bits per heavy atom. The van der Waals surface area contributed by atoms with Gasteiger partial charge in [0.05, 0.1) is 17.7 Å². The zero-order valence-corrected chi connectivity index (χ0v) is 10.7. The predicted octanol–water partition coefficient (Wildman–Crippen LogP) is 0.891. The smallest absolute Gasteiger partial charge is 0.258 e. The molecule has 1 saturated heterocycles. The minimum atomic E-state index is -0.736. The Bertz CT molecular complexity index is 506. The number of carbonyl (C=O) groups excluding carboxylic acids is 1. The molecule has 19 heavy (non-hydrogen) atoms. The molecule has 1 aromatic rings. The fraction of sp³-hybridized carbons (Fsp3) is 0.462. The lowest BCUT2D eigenvalue weighted by atomic mass is 10.2. The van der Waals surface area contributed by atoms with E-state index in [9.17, 15) is 9.18 Å². The number of piperazine rings is 1. The largest absolute Gasteiger partial charge is 0.336 e. The fourth-order valence-electron chi connectivity index (χ4n) is 2.11. The van der Waals surface area contributed by atoms with Crippen LogP contribution >= 0.6 is 0 Å². The molecule has 6 heteroatoms. The SMILES string of the molecule is CC(C#N)N1CCN(C(=O)c2cccnc2F)CC1. The van der Waals surface area contributed by atoms with E-state index in [0.29, 0.717) is 26.2 Å². The summed E-state index contributed by atoms with van der Waals surface area (Å²) < 4.78 is 13.4. The Kier molecular flexibility index (Phi) is 4.07. The third kappa shape index (κ3) is 2.88. The van der Waals surface area contributed by atoms with E-state index in [2.05, 4.69) is 11.1 Å². The number of rotatable bonds is 2. The van der Waals surface area contributed by atoms with Crippen LogP contribution in [-0.2, 0) is 0 Å². The van der Waals surface area contributed by atoms with Gasteiger partial charge in [0.25, 0.3) is 5.91 Å². The van der Waals surface area contributed by atoms with Crippen molar-refractivity contribution < 1.29 is 9.18 Å². The number of pyridine rings is 1. The summed E-state index contributed by atoms with van der Waals surface area (Å²) in [5, 5.41) is 8.85. The van der Waals surface area contributed by atoms with E-state index in [1.807, 2.05) is 11.8 Å². The molecule has 5 nitrogen and oxygen atoms in total. The van der Waals surface area contributed by atoms with Crippen LogP contribution in [0.15, 0.2) is 18.3 Å². The molecule has 0 saturated carbocycles. The molecule has 1 unspecified atom stereocenters. The maximum atomic E-state index is 13.4. The Morgan fingerprint density at radius 2 is 2.16 bits per heavy atom. The van der Waals surface area contributed by atoms with Crippen LogP contribution in [0.2, 0.25) is 0 Å². The molecule has 0 radical (unpaired) electrons. The third-order valence-electron chi connectivity index (χ3n) is 3.33. The van der Waals surface area contributed by atoms with Crippen LogP contribution in [0, 0.1) is 17.3 Å². The highest BCUT2D eigenvalue weighted by atomic mass is 19.1. The van der Waals surface area contributed by atoms with E-state index < -0.39 is 5.95 Å². The minimum absolute atomic E-state index is 0.00396. The van der Waals surface area contributed by atoms with Crippen molar-refractivity contribution in [2.75, 3.05) is 26.2 Å². The molecule has 0 N–H and O–H groups in total. The highest BCUT2D eigenvalue weighted by molar-refractivity contribution is 5.94. The summed E-state index contributed by atoms with van der Waals surface area (Å²) in [5.74, 6) is -1.07. The van der Waals surface area contributed by atoms with Crippen LogP contribution in [0.1, 0.15) is 17.3 Å². The summed E-state index contributed by atoms with van der Waals surface area (Å²) >= 11 is 0. The third-order valence-corrected chi connectivity index (χ3v) is 3.33. The van der Waals surface area contributed by atoms with Gasteiger partial charge in [-0.3, -0.25) is 9.69 Å². The highest BCUT2D eigenvalue weighted by Gasteiger charge is 2.26. The summed E-state index contributed by atoms with van der Waals surface area (Å²) in [4.78, 5) is 19.2. The van der Waals surface area contributed by atoms with Crippen molar-refractivity contribution in [2.24, 2.45) is 0 Å². The van der Waals surface area contributed by atoms with Crippen LogP contribution in [0.5, 0.6) is 0 Å². The van der Waals surface area contributed by atoms with Crippen LogP contribution in [0.25, 0.3) is 0 Å². The van der Waals surface area contributed by atoms with E-state index in [4.69, 9.17) is 5.26 Å². The number of hydrogen-bond acceptors (Lipinski definition) is 4. The van der Waals surface area contributed by atoms with Gasteiger partial charge in [0.15, 0.2) is 0 Å². The average molecular weight is 262 g/mol. The first-order chi connectivity index (χ1) is 9.13. The van der Waals surface area contributed by atoms with Gasteiger partial charge in [0.1, 0.15) is 0 Å². The molecule has 1 fully saturated rings. The van der Waals surface area contributed by atoms with Gasteiger partial charge in [-0.05, 0) is 19.1 Å². The maximum absolute atomic E-state index is 13.4. The second kappa shape index (κ2) is 5.76. The molecule has 1 amide bonds. The van der Waals surface area contributed by atoms with E-state index in [0.717, 1.165) is 0 Å². The van der Waals surface area contributed by atoms with Crippen molar-refractivity contribution in [3.8, 4) is 6.07 Å². The lowest BCUT2D eigenvalue weighted by Gasteiger charge is -2.35. The summed E-state index contributed by atoms with van der Waals surface area (Å²) in [7, 11) is 0. The average Bonchev–Trinajstić information content (AvgIpc) is 2.46. The predicted molar refractivity (Wildman–Crippen MR) is 66.7 cm³/mol. The lowest BCUT2D eigenvalue weighted by Crippen LogP contribution is -2.51. The van der Waals surface area contributed by atoms with Gasteiger partial charge in [-0.2, -0.15) is 9.65 Å². The second-order valence-electron chi connectivity index (χ2n) is 4.48. The molecular formula is C13H15FN4O. The molecule has 0 bridgehead atoms. The number of aromatic nitrogens is 1. The molecule has 1 aliphatic rings. The van der Waals surface area contributed by atoms with Gasteiger partial charge in [-0.15, -0.1) is 0 Å². The van der Waals surface area contributed by atoms with Crippen molar-refractivity contribution in [3.05, 3.63) is 29.8 Å². The normalized spacial score (nSPS) is 17.8. The Hall–Kier alpha value is -2.00. The molecule has 1 aliphatic heterocycles. The molecule has 100 valence electrons. The standard InChI is InChI=1S/C13H15FN4O/c1-10(9-15)17-5-7-18(8-6-17)13(19)11-3-2-4-16-12(11)14/h2-4,10H,5-8H2,1H3. The van der Waals surface area contributed by atoms with Gasteiger partial charge < -0.3 is 4.90 Å². The van der Waals surface area contributed by atoms with Gasteiger partial charge in [0, 0.05) is 32.4 Å². The molecule has 2 rings (SSSR count). The number of amides is 1. The van der Waals surface area contributed by atoms with Gasteiger partial charge in [0.2, 0.25) is 5.95 Å². The van der Waals surface area contributed by atoms with Gasteiger partial charge in [-0.1, -0.05) is 0 Å². The number of hydrogen-bond donors (Lipinski definition) is 0. The van der Waals surface area contributed by atoms with Crippen molar-refractivity contribution in [2.45, 2.75) is 13.0 Å². The quantitative estimate of drug-likeness (QED) is 0.743. The maximum Gasteiger partial charge on any atom is 0.258 e. The Labute approximate surface area is 111 Å². The fourth-order valence-corrected chi connectivity index (χ4v) is 2.11. The van der Waals surface area contributed by atoms with E-state index >= 15 is 0 Å². The molecule has 0 spiro atoms. The summed E-state index contributed by atoms with van der Waals surface area (Å²) in [6, 6.07) is 5.00. The topological polar surface area (TPSA) is 60.2 Å². The van der Waals surface area contributed by atoms with Gasteiger partial charge >= 0.3 is 0 Å². The molecule has 1 atom stereocenters. The highest BCUT2D eigenvalue weighted by Crippen LogP contribution is 2.12. The van der Waals surface area contributed by atoms with Crippen LogP contribution in [-0.4, -0.2) is 52.9 Å². The van der Waals surface area contributed by atoms with E-state index in [1.165, 1.54) is 12.3 Å².